The van der Waals surface area contributed by atoms with Gasteiger partial charge >= 0.3 is 17.9 Å². The second-order valence-electron chi connectivity index (χ2n) is 29.2. The summed E-state index contributed by atoms with van der Waals surface area (Å²) in [6.45, 7) is -0.738. The second kappa shape index (κ2) is 42.6. The number of rotatable bonds is 45. The molecule has 0 aromatic carbocycles. The number of carboxylic acids is 3. The van der Waals surface area contributed by atoms with Crippen molar-refractivity contribution < 1.29 is 92.0 Å². The number of imidazole rings is 2. The van der Waals surface area contributed by atoms with E-state index in [2.05, 4.69) is 79.1 Å². The van der Waals surface area contributed by atoms with Crippen LogP contribution in [0.1, 0.15) is 127 Å². The number of amides is 13. The van der Waals surface area contributed by atoms with Crippen LogP contribution in [0.15, 0.2) is 104 Å². The number of carboxylic acid groups (broad SMARTS) is 3. The first-order valence-corrected chi connectivity index (χ1v) is 38.6. The Bertz CT molecular complexity index is 5510. The lowest BCUT2D eigenvalue weighted by Gasteiger charge is -2.24. The number of hydrogen-bond donors (Lipinski definition) is 16. The zero-order valence-corrected chi connectivity index (χ0v) is 69.7. The Morgan fingerprint density at radius 1 is 0.315 bits per heavy atom. The maximum absolute atomic E-state index is 13.6. The minimum atomic E-state index is -1.25. The average molecular weight is 1720 g/mol. The van der Waals surface area contributed by atoms with Crippen LogP contribution in [-0.4, -0.2) is 268 Å². The maximum Gasteiger partial charge on any atom is 0.317 e. The molecule has 9 aromatic heterocycles. The van der Waals surface area contributed by atoms with Gasteiger partial charge in [0.1, 0.15) is 39.9 Å². The van der Waals surface area contributed by atoms with Crippen molar-refractivity contribution in [1.82, 2.24) is 92.4 Å². The fourth-order valence-electron chi connectivity index (χ4n) is 13.0. The number of aliphatic carboxylic acids is 3. The van der Waals surface area contributed by atoms with Crippen molar-refractivity contribution in [2.75, 3.05) is 135 Å². The molecule has 0 aliphatic carbocycles. The minimum absolute atomic E-state index is 0.0187. The maximum atomic E-state index is 13.6. The Balaban J connectivity index is 0.631. The molecule has 16 N–H and O–H groups in total. The van der Waals surface area contributed by atoms with E-state index in [0.29, 0.717) is 43.9 Å². The van der Waals surface area contributed by atoms with Crippen LogP contribution in [0.4, 0.5) is 45.6 Å². The molecule has 9 heterocycles. The smallest absolute Gasteiger partial charge is 0.317 e. The van der Waals surface area contributed by atoms with Crippen molar-refractivity contribution in [3.8, 4) is 0 Å². The summed E-state index contributed by atoms with van der Waals surface area (Å²) in [7, 11) is 16.3. The number of aryl methyl sites for hydroxylation is 9. The summed E-state index contributed by atoms with van der Waals surface area (Å²) in [4.78, 5) is 217. The van der Waals surface area contributed by atoms with Crippen molar-refractivity contribution >= 4 is 140 Å². The third-order valence-corrected chi connectivity index (χ3v) is 19.0. The zero-order chi connectivity index (χ0) is 90.3. The highest BCUT2D eigenvalue weighted by Crippen LogP contribution is 2.24. The van der Waals surface area contributed by atoms with Gasteiger partial charge in [-0.25, -0.2) is 9.97 Å². The van der Waals surface area contributed by atoms with Gasteiger partial charge in [-0.3, -0.25) is 86.5 Å². The standard InChI is InChI=1S/C78H99N27O19/c1-94(22-13-18-80-64(109)42-104(43-65(110)111)24-25-105(44-66(112)113)45-67(114)115)21-12-17-79-63(108)33-84-72(118)55-29-49(37-98(55)5)88-74(120)57-30-50(38-100(57)7)89-73(119)56-26-46(34-99(56)6)85-62(107)15-19-83-71(117)54-28-48(36-97(54)4)87-76(122)59-32-52(40-102(59)9)91-78(124)69-93-60(41-103(69)10)92-61(106)14-11-16-82-70(116)53-27-47(35-96(53)3)86-75(121)58-31-51(39-101(58)8)90-77(123)68-81-20-23-95(68)2/h20,23,26-32,34-41H,11-19,21-22,24-25,33,42-45H2,1-10H3,(H,79,108)(H,80,109)(H,82,116)(H,83,117)(H,84,118)(H,85,107)(H,86,121)(H,87,122)(H,88,120)(H,89,119)(H,90,123)(H,91,124)(H,92,106)(H,110,111)(H,112,113)(H,114,115). The molecule has 0 aliphatic heterocycles. The predicted octanol–water partition coefficient (Wildman–Crippen LogP) is 0.476. The van der Waals surface area contributed by atoms with E-state index in [9.17, 15) is 81.8 Å². The molecule has 0 bridgehead atoms. The minimum Gasteiger partial charge on any atom is -0.480 e. The molecule has 660 valence electrons. The van der Waals surface area contributed by atoms with Gasteiger partial charge in [0.05, 0.1) is 72.5 Å². The van der Waals surface area contributed by atoms with E-state index >= 15 is 0 Å². The van der Waals surface area contributed by atoms with Crippen LogP contribution in [0.2, 0.25) is 0 Å². The van der Waals surface area contributed by atoms with Gasteiger partial charge in [-0.15, -0.1) is 0 Å². The molecule has 0 atom stereocenters. The lowest BCUT2D eigenvalue weighted by molar-refractivity contribution is -0.143. The third-order valence-electron chi connectivity index (χ3n) is 19.0. The van der Waals surface area contributed by atoms with Crippen LogP contribution in [0.3, 0.4) is 0 Å². The van der Waals surface area contributed by atoms with Crippen LogP contribution in [0.25, 0.3) is 0 Å². The average Bonchev–Trinajstić information content (AvgIpc) is 1.68. The van der Waals surface area contributed by atoms with E-state index in [1.807, 2.05) is 11.9 Å². The first-order chi connectivity index (χ1) is 58.8. The molecule has 9 aromatic rings. The van der Waals surface area contributed by atoms with Gasteiger partial charge in [0, 0.05) is 178 Å². The van der Waals surface area contributed by atoms with Gasteiger partial charge in [-0.05, 0) is 81.9 Å². The summed E-state index contributed by atoms with van der Waals surface area (Å²) in [6, 6.07) is 10.2. The Kier molecular flexibility index (Phi) is 31.9. The summed E-state index contributed by atoms with van der Waals surface area (Å²) >= 11 is 0. The summed E-state index contributed by atoms with van der Waals surface area (Å²) in [6.07, 6.45) is 16.4. The molecule has 0 saturated heterocycles. The van der Waals surface area contributed by atoms with Gasteiger partial charge in [-0.1, -0.05) is 0 Å². The quantitative estimate of drug-likeness (QED) is 0.0231. The number of carbonyl (C=O) groups is 16. The Labute approximate surface area is 708 Å². The molecule has 0 aliphatic rings. The fourth-order valence-corrected chi connectivity index (χ4v) is 13.0. The lowest BCUT2D eigenvalue weighted by Crippen LogP contribution is -2.45. The van der Waals surface area contributed by atoms with Crippen molar-refractivity contribution in [1.29, 1.82) is 0 Å². The van der Waals surface area contributed by atoms with Crippen LogP contribution < -0.4 is 69.1 Å². The Morgan fingerprint density at radius 2 is 0.645 bits per heavy atom. The predicted molar refractivity (Wildman–Crippen MR) is 449 cm³/mol. The highest BCUT2D eigenvalue weighted by molar-refractivity contribution is 6.10. The lowest BCUT2D eigenvalue weighted by atomic mass is 10.3. The Hall–Kier alpha value is -15.2. The van der Waals surface area contributed by atoms with Crippen molar-refractivity contribution in [3.05, 3.63) is 156 Å². The number of nitrogens with zero attached hydrogens (tertiary/aromatic N) is 14. The third kappa shape index (κ3) is 26.6. The molecular formula is C78H99N27O19. The van der Waals surface area contributed by atoms with Crippen LogP contribution in [0, 0.1) is 0 Å². The molecule has 46 nitrogen and oxygen atoms in total. The molecule has 9 rings (SSSR count). The van der Waals surface area contributed by atoms with E-state index in [0.717, 1.165) is 4.90 Å². The zero-order valence-electron chi connectivity index (χ0n) is 69.7. The molecular weight excluding hydrogens is 1620 g/mol. The van der Waals surface area contributed by atoms with E-state index in [4.69, 9.17) is 10.2 Å². The van der Waals surface area contributed by atoms with Crippen LogP contribution in [0.5, 0.6) is 0 Å². The van der Waals surface area contributed by atoms with Gasteiger partial charge in [0.2, 0.25) is 29.5 Å². The van der Waals surface area contributed by atoms with Gasteiger partial charge in [0.25, 0.3) is 53.2 Å². The molecule has 0 saturated carbocycles. The molecule has 0 radical (unpaired) electrons. The first-order valence-electron chi connectivity index (χ1n) is 38.6. The molecule has 0 fully saturated rings. The normalized spacial score (nSPS) is 11.1. The molecule has 0 unspecified atom stereocenters. The number of hydrogen-bond acceptors (Lipinski definition) is 21. The summed E-state index contributed by atoms with van der Waals surface area (Å²) in [5, 5.41) is 62.7. The van der Waals surface area contributed by atoms with Gasteiger partial charge < -0.3 is 130 Å². The van der Waals surface area contributed by atoms with E-state index in [-0.39, 0.29) is 151 Å². The molecule has 124 heavy (non-hydrogen) atoms. The second-order valence-corrected chi connectivity index (χ2v) is 29.2. The van der Waals surface area contributed by atoms with Crippen LogP contribution in [-0.2, 0) is 97.0 Å². The molecule has 0 spiro atoms. The first kappa shape index (κ1) is 92.7. The van der Waals surface area contributed by atoms with Crippen molar-refractivity contribution in [3.63, 3.8) is 0 Å². The monoisotopic (exact) mass is 1720 g/mol. The van der Waals surface area contributed by atoms with E-state index in [1.54, 1.807) is 91.2 Å². The highest BCUT2D eigenvalue weighted by atomic mass is 16.4. The summed E-state index contributed by atoms with van der Waals surface area (Å²) < 4.78 is 13.4. The summed E-state index contributed by atoms with van der Waals surface area (Å²) in [5.74, 6) is -10.3. The van der Waals surface area contributed by atoms with Crippen molar-refractivity contribution in [2.45, 2.75) is 32.1 Å². The van der Waals surface area contributed by atoms with Gasteiger partial charge in [-0.2, -0.15) is 0 Å². The Morgan fingerprint density at radius 3 is 1.03 bits per heavy atom. The molecule has 46 heteroatoms. The number of aromatic nitrogens is 11. The topological polar surface area (TPSA) is 570 Å². The van der Waals surface area contributed by atoms with Crippen molar-refractivity contribution in [2.24, 2.45) is 63.4 Å². The SMILES string of the molecule is CN(CCCNC(=O)CNC(=O)c1cc(NC(=O)c2cc(NC(=O)c3cc(NC(=O)CCNC(=O)c4cc(NC(=O)c5cc(NC(=O)c6nc(NC(=O)CCCNC(=O)c7cc(NC(=O)c8cc(NC(=O)c9nccn9C)cn8C)cn7C)cn6C)cn5C)cn4C)cn3C)cn2C)cn1C)CCCNC(=O)CN(CCN(CC(=O)O)CC(=O)O)CC(=O)O. The number of anilines is 8. The van der Waals surface area contributed by atoms with E-state index < -0.39 is 114 Å². The molecule has 13 amide bonds. The number of carbonyl (C=O) groups excluding carboxylic acids is 13. The fraction of sp³-hybridized carbons (Fsp3) is 0.359. The van der Waals surface area contributed by atoms with Crippen LogP contribution >= 0.6 is 0 Å². The van der Waals surface area contributed by atoms with E-state index in [1.165, 1.54) is 123 Å². The largest absolute Gasteiger partial charge is 0.480 e. The summed E-state index contributed by atoms with van der Waals surface area (Å²) in [5.41, 5.74) is 3.16. The number of nitrogens with one attached hydrogen (secondary N) is 13. The van der Waals surface area contributed by atoms with Gasteiger partial charge in [0.15, 0.2) is 11.6 Å². The highest BCUT2D eigenvalue weighted by Gasteiger charge is 2.26.